The van der Waals surface area contributed by atoms with Crippen LogP contribution in [0.2, 0.25) is 0 Å². The van der Waals surface area contributed by atoms with Gasteiger partial charge in [-0.05, 0) is 50.7 Å². The summed E-state index contributed by atoms with van der Waals surface area (Å²) < 4.78 is 45.5. The summed E-state index contributed by atoms with van der Waals surface area (Å²) in [7, 11) is 0. The maximum atomic E-state index is 13.7. The van der Waals surface area contributed by atoms with Gasteiger partial charge in [0.1, 0.15) is 6.54 Å². The van der Waals surface area contributed by atoms with Crippen molar-refractivity contribution in [3.63, 3.8) is 0 Å². The minimum Gasteiger partial charge on any atom is -0.382 e. The Bertz CT molecular complexity index is 737. The summed E-state index contributed by atoms with van der Waals surface area (Å²) >= 11 is 0. The third-order valence-corrected chi connectivity index (χ3v) is 5.31. The monoisotopic (exact) mass is 428 g/mol. The van der Waals surface area contributed by atoms with Gasteiger partial charge in [-0.3, -0.25) is 4.79 Å². The van der Waals surface area contributed by atoms with E-state index in [-0.39, 0.29) is 12.0 Å². The van der Waals surface area contributed by atoms with Crippen molar-refractivity contribution in [1.29, 1.82) is 0 Å². The van der Waals surface area contributed by atoms with Crippen LogP contribution in [0.3, 0.4) is 0 Å². The number of guanidine groups is 1. The number of carbonyl (C=O) groups is 1. The Morgan fingerprint density at radius 2 is 1.87 bits per heavy atom. The van der Waals surface area contributed by atoms with Crippen molar-refractivity contribution in [2.75, 3.05) is 38.2 Å². The molecule has 1 amide bonds. The first-order chi connectivity index (χ1) is 14.4. The molecule has 30 heavy (non-hydrogen) atoms. The van der Waals surface area contributed by atoms with Crippen molar-refractivity contribution in [2.45, 2.75) is 46.0 Å². The minimum atomic E-state index is -1.62. The molecule has 2 rings (SSSR count). The Balaban J connectivity index is 1.94. The van der Waals surface area contributed by atoms with E-state index in [1.165, 1.54) is 12.8 Å². The maximum Gasteiger partial charge on any atom is 0.246 e. The number of hydrogen-bond acceptors (Lipinski definition) is 3. The van der Waals surface area contributed by atoms with E-state index in [0.29, 0.717) is 32.3 Å². The number of aliphatic imine (C=N–C) groups is 1. The minimum absolute atomic E-state index is 0.141. The number of amides is 1. The summed E-state index contributed by atoms with van der Waals surface area (Å²) in [5.41, 5.74) is -0.282. The molecule has 1 aromatic rings. The normalized spacial score (nSPS) is 15.8. The Morgan fingerprint density at radius 3 is 2.53 bits per heavy atom. The van der Waals surface area contributed by atoms with Gasteiger partial charge in [0.25, 0.3) is 0 Å². The summed E-state index contributed by atoms with van der Waals surface area (Å²) in [6.07, 6.45) is 5.56. The lowest BCUT2D eigenvalue weighted by atomic mass is 9.83. The van der Waals surface area contributed by atoms with E-state index in [4.69, 9.17) is 4.74 Å². The van der Waals surface area contributed by atoms with Crippen molar-refractivity contribution in [3.8, 4) is 0 Å². The van der Waals surface area contributed by atoms with Gasteiger partial charge in [-0.1, -0.05) is 12.8 Å². The number of anilines is 1. The van der Waals surface area contributed by atoms with Gasteiger partial charge >= 0.3 is 0 Å². The average molecular weight is 428 g/mol. The van der Waals surface area contributed by atoms with Crippen molar-refractivity contribution in [1.82, 2.24) is 10.6 Å². The molecule has 1 aliphatic rings. The largest absolute Gasteiger partial charge is 0.382 e. The number of rotatable bonds is 10. The number of hydrogen-bond donors (Lipinski definition) is 3. The first-order valence-corrected chi connectivity index (χ1v) is 10.4. The van der Waals surface area contributed by atoms with Crippen molar-refractivity contribution < 1.29 is 22.7 Å². The molecule has 6 nitrogen and oxygen atoms in total. The lowest BCUT2D eigenvalue weighted by Crippen LogP contribution is -2.43. The standard InChI is InChI=1S/C21H31F3N4O2/c1-3-25-20(27-14-21(9-5-6-10-21)11-12-30-4-2)26-13-17(29)28-16-8-7-15(22)18(23)19(16)24/h7-8H,3-6,9-14H2,1-2H3,(H,28,29)(H2,25,26,27). The fourth-order valence-corrected chi connectivity index (χ4v) is 3.65. The summed E-state index contributed by atoms with van der Waals surface area (Å²) in [6, 6.07) is 1.73. The van der Waals surface area contributed by atoms with E-state index in [2.05, 4.69) is 20.9 Å². The van der Waals surface area contributed by atoms with Crippen LogP contribution < -0.4 is 16.0 Å². The fourth-order valence-electron chi connectivity index (χ4n) is 3.65. The Morgan fingerprint density at radius 1 is 1.13 bits per heavy atom. The quantitative estimate of drug-likeness (QED) is 0.230. The highest BCUT2D eigenvalue weighted by molar-refractivity contribution is 5.94. The predicted molar refractivity (Wildman–Crippen MR) is 111 cm³/mol. The number of nitrogens with zero attached hydrogens (tertiary/aromatic N) is 1. The molecule has 0 spiro atoms. The smallest absolute Gasteiger partial charge is 0.246 e. The molecule has 3 N–H and O–H groups in total. The van der Waals surface area contributed by atoms with Gasteiger partial charge in [-0.25, -0.2) is 18.2 Å². The number of nitrogens with one attached hydrogen (secondary N) is 3. The second-order valence-electron chi connectivity index (χ2n) is 7.47. The molecule has 1 aromatic carbocycles. The van der Waals surface area contributed by atoms with Gasteiger partial charge in [0.05, 0.1) is 5.69 Å². The summed E-state index contributed by atoms with van der Waals surface area (Å²) in [6.45, 7) is 6.33. The molecule has 0 heterocycles. The molecule has 168 valence electrons. The maximum absolute atomic E-state index is 13.7. The van der Waals surface area contributed by atoms with E-state index >= 15 is 0 Å². The zero-order valence-electron chi connectivity index (χ0n) is 17.6. The molecule has 1 aliphatic carbocycles. The molecule has 0 saturated heterocycles. The first kappa shape index (κ1) is 24.0. The highest BCUT2D eigenvalue weighted by Gasteiger charge is 2.33. The van der Waals surface area contributed by atoms with Crippen LogP contribution in [0.25, 0.3) is 0 Å². The number of benzene rings is 1. The Labute approximate surface area is 175 Å². The van der Waals surface area contributed by atoms with Crippen LogP contribution in [0.15, 0.2) is 17.1 Å². The SMILES string of the molecule is CCNC(=NCC(=O)Nc1ccc(F)c(F)c1F)NCC1(CCOCC)CCCC1. The lowest BCUT2D eigenvalue weighted by molar-refractivity contribution is -0.114. The lowest BCUT2D eigenvalue weighted by Gasteiger charge is -2.30. The van der Waals surface area contributed by atoms with Gasteiger partial charge < -0.3 is 20.7 Å². The first-order valence-electron chi connectivity index (χ1n) is 10.4. The van der Waals surface area contributed by atoms with E-state index in [0.717, 1.165) is 31.4 Å². The molecule has 0 aromatic heterocycles. The molecule has 0 aliphatic heterocycles. The topological polar surface area (TPSA) is 74.8 Å². The molecule has 0 radical (unpaired) electrons. The average Bonchev–Trinajstić information content (AvgIpc) is 3.20. The second kappa shape index (κ2) is 11.8. The molecule has 0 atom stereocenters. The molecular formula is C21H31F3N4O2. The Kier molecular flexibility index (Phi) is 9.42. The highest BCUT2D eigenvalue weighted by atomic mass is 19.2. The Hall–Kier alpha value is -2.29. The number of halogens is 3. The summed E-state index contributed by atoms with van der Waals surface area (Å²) in [5, 5.41) is 8.59. The molecule has 1 saturated carbocycles. The second-order valence-corrected chi connectivity index (χ2v) is 7.47. The predicted octanol–water partition coefficient (Wildman–Crippen LogP) is 3.58. The van der Waals surface area contributed by atoms with Crippen molar-refractivity contribution in [3.05, 3.63) is 29.6 Å². The van der Waals surface area contributed by atoms with Gasteiger partial charge in [-0.15, -0.1) is 0 Å². The van der Waals surface area contributed by atoms with E-state index in [1.54, 1.807) is 0 Å². The van der Waals surface area contributed by atoms with Crippen LogP contribution in [-0.4, -0.2) is 44.7 Å². The van der Waals surface area contributed by atoms with Crippen LogP contribution in [0, 0.1) is 22.9 Å². The number of carbonyl (C=O) groups excluding carboxylic acids is 1. The van der Waals surface area contributed by atoms with Gasteiger partial charge in [0.15, 0.2) is 23.4 Å². The summed E-state index contributed by atoms with van der Waals surface area (Å²) in [4.78, 5) is 16.3. The molecule has 0 bridgehead atoms. The van der Waals surface area contributed by atoms with Gasteiger partial charge in [0.2, 0.25) is 5.91 Å². The number of ether oxygens (including phenoxy) is 1. The molecular weight excluding hydrogens is 397 g/mol. The zero-order chi connectivity index (χ0) is 22.0. The van der Waals surface area contributed by atoms with Crippen LogP contribution >= 0.6 is 0 Å². The molecule has 1 fully saturated rings. The molecule has 9 heteroatoms. The van der Waals surface area contributed by atoms with E-state index < -0.39 is 29.0 Å². The van der Waals surface area contributed by atoms with Crippen molar-refractivity contribution in [2.24, 2.45) is 10.4 Å². The third kappa shape index (κ3) is 6.90. The highest BCUT2D eigenvalue weighted by Crippen LogP contribution is 2.40. The van der Waals surface area contributed by atoms with E-state index in [9.17, 15) is 18.0 Å². The van der Waals surface area contributed by atoms with Crippen LogP contribution in [0.5, 0.6) is 0 Å². The van der Waals surface area contributed by atoms with Crippen LogP contribution in [-0.2, 0) is 9.53 Å². The molecule has 0 unspecified atom stereocenters. The zero-order valence-corrected chi connectivity index (χ0v) is 17.6. The van der Waals surface area contributed by atoms with Gasteiger partial charge in [-0.2, -0.15) is 0 Å². The third-order valence-electron chi connectivity index (χ3n) is 5.31. The fraction of sp³-hybridized carbons (Fsp3) is 0.619. The van der Waals surface area contributed by atoms with Crippen molar-refractivity contribution >= 4 is 17.6 Å². The van der Waals surface area contributed by atoms with Gasteiger partial charge in [0, 0.05) is 26.3 Å². The van der Waals surface area contributed by atoms with Crippen LogP contribution in [0.4, 0.5) is 18.9 Å². The van der Waals surface area contributed by atoms with Crippen LogP contribution in [0.1, 0.15) is 46.0 Å². The van der Waals surface area contributed by atoms with E-state index in [1.807, 2.05) is 13.8 Å². The summed E-state index contributed by atoms with van der Waals surface area (Å²) in [5.74, 6) is -4.53.